The standard InChI is InChI=1S/C18H16F2N2O3/c1-21(18-12(19)5-4-6-13(18)20)16(23)9-10-22-14-7-2-3-8-15(14)25-11-17(22)24/h2-8H,9-11H2,1H3. The number of ether oxygens (including phenoxy) is 1. The zero-order chi connectivity index (χ0) is 18.0. The second-order valence-electron chi connectivity index (χ2n) is 5.57. The fraction of sp³-hybridized carbons (Fsp3) is 0.222. The molecule has 0 unspecified atom stereocenters. The van der Waals surface area contributed by atoms with E-state index in [9.17, 15) is 18.4 Å². The van der Waals surface area contributed by atoms with E-state index in [-0.39, 0.29) is 25.5 Å². The minimum Gasteiger partial charge on any atom is -0.482 e. The number of rotatable bonds is 4. The number of hydrogen-bond donors (Lipinski definition) is 0. The number of para-hydroxylation sites is 3. The minimum atomic E-state index is -0.816. The van der Waals surface area contributed by atoms with Gasteiger partial charge in [0.1, 0.15) is 23.1 Å². The van der Waals surface area contributed by atoms with Crippen LogP contribution in [0.15, 0.2) is 42.5 Å². The molecule has 0 radical (unpaired) electrons. The van der Waals surface area contributed by atoms with E-state index in [4.69, 9.17) is 4.74 Å². The molecule has 0 spiro atoms. The zero-order valence-corrected chi connectivity index (χ0v) is 13.5. The van der Waals surface area contributed by atoms with Gasteiger partial charge in [-0.05, 0) is 24.3 Å². The van der Waals surface area contributed by atoms with Crippen molar-refractivity contribution in [2.24, 2.45) is 0 Å². The number of amides is 2. The normalized spacial score (nSPS) is 13.2. The molecule has 0 bridgehead atoms. The van der Waals surface area contributed by atoms with Gasteiger partial charge in [-0.1, -0.05) is 18.2 Å². The molecular formula is C18H16F2N2O3. The zero-order valence-electron chi connectivity index (χ0n) is 13.5. The first kappa shape index (κ1) is 16.9. The van der Waals surface area contributed by atoms with Crippen molar-refractivity contribution in [3.63, 3.8) is 0 Å². The number of nitrogens with zero attached hydrogens (tertiary/aromatic N) is 2. The van der Waals surface area contributed by atoms with E-state index in [0.717, 1.165) is 17.0 Å². The van der Waals surface area contributed by atoms with Gasteiger partial charge < -0.3 is 14.5 Å². The molecule has 5 nitrogen and oxygen atoms in total. The molecule has 0 aromatic heterocycles. The number of carbonyl (C=O) groups excluding carboxylic acids is 2. The van der Waals surface area contributed by atoms with Crippen LogP contribution < -0.4 is 14.5 Å². The molecule has 25 heavy (non-hydrogen) atoms. The predicted octanol–water partition coefficient (Wildman–Crippen LogP) is 2.74. The largest absolute Gasteiger partial charge is 0.482 e. The Balaban J connectivity index is 1.73. The summed E-state index contributed by atoms with van der Waals surface area (Å²) in [6.45, 7) is -0.0125. The summed E-state index contributed by atoms with van der Waals surface area (Å²) >= 11 is 0. The van der Waals surface area contributed by atoms with Crippen molar-refractivity contribution < 1.29 is 23.1 Å². The molecule has 0 N–H and O–H groups in total. The average molecular weight is 346 g/mol. The lowest BCUT2D eigenvalue weighted by Crippen LogP contribution is -2.41. The van der Waals surface area contributed by atoms with Crippen molar-refractivity contribution in [1.29, 1.82) is 0 Å². The van der Waals surface area contributed by atoms with Gasteiger partial charge in [-0.15, -0.1) is 0 Å². The van der Waals surface area contributed by atoms with E-state index >= 15 is 0 Å². The molecule has 3 rings (SSSR count). The van der Waals surface area contributed by atoms with E-state index in [2.05, 4.69) is 0 Å². The monoisotopic (exact) mass is 346 g/mol. The number of anilines is 2. The number of hydrogen-bond acceptors (Lipinski definition) is 3. The third kappa shape index (κ3) is 3.31. The molecule has 2 amide bonds. The van der Waals surface area contributed by atoms with Crippen LogP contribution in [0.2, 0.25) is 0 Å². The maximum absolute atomic E-state index is 13.8. The third-order valence-electron chi connectivity index (χ3n) is 4.00. The molecule has 0 fully saturated rings. The van der Waals surface area contributed by atoms with Crippen LogP contribution in [0.4, 0.5) is 20.2 Å². The molecule has 0 atom stereocenters. The summed E-state index contributed by atoms with van der Waals surface area (Å²) in [4.78, 5) is 26.8. The van der Waals surface area contributed by atoms with Crippen molar-refractivity contribution >= 4 is 23.2 Å². The van der Waals surface area contributed by atoms with Gasteiger partial charge in [0.15, 0.2) is 6.61 Å². The lowest BCUT2D eigenvalue weighted by atomic mass is 10.2. The number of halogens is 2. The highest BCUT2D eigenvalue weighted by molar-refractivity contribution is 5.99. The maximum Gasteiger partial charge on any atom is 0.265 e. The number of benzene rings is 2. The highest BCUT2D eigenvalue weighted by Gasteiger charge is 2.26. The van der Waals surface area contributed by atoms with Crippen molar-refractivity contribution in [3.05, 3.63) is 54.1 Å². The second-order valence-corrected chi connectivity index (χ2v) is 5.57. The van der Waals surface area contributed by atoms with Crippen molar-refractivity contribution in [3.8, 4) is 5.75 Å². The van der Waals surface area contributed by atoms with E-state index in [1.807, 2.05) is 0 Å². The second kappa shape index (κ2) is 6.88. The molecule has 0 aliphatic carbocycles. The fourth-order valence-electron chi connectivity index (χ4n) is 2.71. The average Bonchev–Trinajstić information content (AvgIpc) is 2.60. The molecule has 2 aromatic carbocycles. The Morgan fingerprint density at radius 2 is 1.84 bits per heavy atom. The van der Waals surface area contributed by atoms with Crippen molar-refractivity contribution in [2.45, 2.75) is 6.42 Å². The fourth-order valence-corrected chi connectivity index (χ4v) is 2.71. The first-order valence-corrected chi connectivity index (χ1v) is 7.72. The SMILES string of the molecule is CN(C(=O)CCN1C(=O)COc2ccccc21)c1c(F)cccc1F. The van der Waals surface area contributed by atoms with Gasteiger partial charge in [-0.25, -0.2) is 8.78 Å². The molecule has 0 saturated heterocycles. The van der Waals surface area contributed by atoms with Crippen LogP contribution in [0.3, 0.4) is 0 Å². The number of carbonyl (C=O) groups is 2. The first-order valence-electron chi connectivity index (χ1n) is 7.72. The quantitative estimate of drug-likeness (QED) is 0.855. The summed E-state index contributed by atoms with van der Waals surface area (Å²) in [7, 11) is 1.30. The highest BCUT2D eigenvalue weighted by atomic mass is 19.1. The van der Waals surface area contributed by atoms with Gasteiger partial charge in [-0.2, -0.15) is 0 Å². The Labute approximate surface area is 143 Å². The van der Waals surface area contributed by atoms with Crippen molar-refractivity contribution in [2.75, 3.05) is 30.0 Å². The van der Waals surface area contributed by atoms with E-state index < -0.39 is 23.2 Å². The Bertz CT molecular complexity index is 805. The van der Waals surface area contributed by atoms with Crippen LogP contribution in [0.25, 0.3) is 0 Å². The summed E-state index contributed by atoms with van der Waals surface area (Å²) in [6, 6.07) is 10.4. The topological polar surface area (TPSA) is 49.9 Å². The van der Waals surface area contributed by atoms with Crippen LogP contribution in [-0.2, 0) is 9.59 Å². The van der Waals surface area contributed by atoms with E-state index in [0.29, 0.717) is 11.4 Å². The molecule has 1 aliphatic rings. The smallest absolute Gasteiger partial charge is 0.265 e. The van der Waals surface area contributed by atoms with E-state index in [1.165, 1.54) is 18.0 Å². The molecule has 1 heterocycles. The Morgan fingerprint density at radius 1 is 1.16 bits per heavy atom. The van der Waals surface area contributed by atoms with Gasteiger partial charge in [-0.3, -0.25) is 9.59 Å². The van der Waals surface area contributed by atoms with Crippen LogP contribution in [0.1, 0.15) is 6.42 Å². The molecule has 0 saturated carbocycles. The summed E-state index contributed by atoms with van der Waals surface area (Å²) in [5, 5.41) is 0. The van der Waals surface area contributed by atoms with Gasteiger partial charge in [0.2, 0.25) is 5.91 Å². The van der Waals surface area contributed by atoms with Gasteiger partial charge >= 0.3 is 0 Å². The lowest BCUT2D eigenvalue weighted by Gasteiger charge is -2.29. The summed E-state index contributed by atoms with van der Waals surface area (Å²) in [6.07, 6.45) is -0.0790. The molecule has 2 aromatic rings. The van der Waals surface area contributed by atoms with Crippen molar-refractivity contribution in [1.82, 2.24) is 0 Å². The van der Waals surface area contributed by atoms with Gasteiger partial charge in [0, 0.05) is 20.0 Å². The molecule has 130 valence electrons. The Morgan fingerprint density at radius 3 is 2.56 bits per heavy atom. The van der Waals surface area contributed by atoms with Crippen LogP contribution in [0, 0.1) is 11.6 Å². The molecular weight excluding hydrogens is 330 g/mol. The Kier molecular flexibility index (Phi) is 4.65. The summed E-state index contributed by atoms with van der Waals surface area (Å²) in [5.41, 5.74) is 0.174. The first-order chi connectivity index (χ1) is 12.0. The van der Waals surface area contributed by atoms with Gasteiger partial charge in [0.05, 0.1) is 5.69 Å². The maximum atomic E-state index is 13.8. The van der Waals surface area contributed by atoms with Gasteiger partial charge in [0.25, 0.3) is 5.91 Å². The molecule has 1 aliphatic heterocycles. The lowest BCUT2D eigenvalue weighted by molar-refractivity contribution is -0.121. The van der Waals surface area contributed by atoms with Crippen LogP contribution in [-0.4, -0.2) is 32.0 Å². The summed E-state index contributed by atoms with van der Waals surface area (Å²) < 4.78 is 32.9. The third-order valence-corrected chi connectivity index (χ3v) is 4.00. The van der Waals surface area contributed by atoms with Crippen LogP contribution >= 0.6 is 0 Å². The van der Waals surface area contributed by atoms with Crippen LogP contribution in [0.5, 0.6) is 5.75 Å². The number of fused-ring (bicyclic) bond motifs is 1. The molecule has 7 heteroatoms. The predicted molar refractivity (Wildman–Crippen MR) is 88.7 cm³/mol. The summed E-state index contributed by atoms with van der Waals surface area (Å²) in [5.74, 6) is -1.85. The Hall–Kier alpha value is -2.96. The minimum absolute atomic E-state index is 0.0790. The highest BCUT2D eigenvalue weighted by Crippen LogP contribution is 2.31. The van der Waals surface area contributed by atoms with E-state index in [1.54, 1.807) is 24.3 Å².